The molecule has 3 aromatic rings. The van der Waals surface area contributed by atoms with Crippen molar-refractivity contribution < 1.29 is 4.79 Å². The molecule has 1 aliphatic rings. The second-order valence-electron chi connectivity index (χ2n) is 7.10. The van der Waals surface area contributed by atoms with Gasteiger partial charge in [0.1, 0.15) is 0 Å². The topological polar surface area (TPSA) is 35.9 Å². The zero-order valence-corrected chi connectivity index (χ0v) is 17.7. The highest BCUT2D eigenvalue weighted by atomic mass is 32.1. The van der Waals surface area contributed by atoms with Gasteiger partial charge in [-0.25, -0.2) is 5.01 Å². The normalized spacial score (nSPS) is 16.6. The Balaban J connectivity index is 1.50. The molecular formula is C22H23N3OS2. The molecule has 1 unspecified atom stereocenters. The lowest BCUT2D eigenvalue weighted by Crippen LogP contribution is -2.36. The van der Waals surface area contributed by atoms with Gasteiger partial charge in [-0.1, -0.05) is 36.4 Å². The molecular weight excluding hydrogens is 386 g/mol. The highest BCUT2D eigenvalue weighted by Crippen LogP contribution is 2.36. The highest BCUT2D eigenvalue weighted by Gasteiger charge is 2.34. The molecule has 1 aliphatic heterocycles. The standard InChI is InChI=1S/C22H23N3OS2/c1-16-7-3-4-8-17(16)14-24(2)15-22(26)25-19(21-10-6-12-28-21)13-18(23-25)20-9-5-11-27-20/h3-12,19H,13-15H2,1-2H3. The molecule has 4 rings (SSSR count). The molecule has 3 heterocycles. The van der Waals surface area contributed by atoms with E-state index in [9.17, 15) is 4.79 Å². The van der Waals surface area contributed by atoms with Crippen LogP contribution in [0.2, 0.25) is 0 Å². The summed E-state index contributed by atoms with van der Waals surface area (Å²) in [6, 6.07) is 16.6. The van der Waals surface area contributed by atoms with E-state index >= 15 is 0 Å². The van der Waals surface area contributed by atoms with Gasteiger partial charge in [-0.3, -0.25) is 9.69 Å². The van der Waals surface area contributed by atoms with Crippen molar-refractivity contribution >= 4 is 34.3 Å². The average Bonchev–Trinajstić information content (AvgIpc) is 3.43. The van der Waals surface area contributed by atoms with Crippen molar-refractivity contribution in [3.05, 3.63) is 80.2 Å². The quantitative estimate of drug-likeness (QED) is 0.579. The van der Waals surface area contributed by atoms with Gasteiger partial charge in [-0.2, -0.15) is 5.10 Å². The number of benzene rings is 1. The van der Waals surface area contributed by atoms with E-state index < -0.39 is 0 Å². The summed E-state index contributed by atoms with van der Waals surface area (Å²) in [6.45, 7) is 3.20. The van der Waals surface area contributed by atoms with Crippen LogP contribution >= 0.6 is 22.7 Å². The third-order valence-electron chi connectivity index (χ3n) is 4.95. The Morgan fingerprint density at radius 2 is 1.93 bits per heavy atom. The Bertz CT molecular complexity index is 964. The maximum atomic E-state index is 13.1. The lowest BCUT2D eigenvalue weighted by atomic mass is 10.1. The number of nitrogens with zero attached hydrogens (tertiary/aromatic N) is 3. The number of thiophene rings is 2. The summed E-state index contributed by atoms with van der Waals surface area (Å²) in [6.07, 6.45) is 0.772. The van der Waals surface area contributed by atoms with Gasteiger partial charge in [0, 0.05) is 17.8 Å². The second kappa shape index (κ2) is 8.39. The van der Waals surface area contributed by atoms with Gasteiger partial charge in [0.2, 0.25) is 0 Å². The number of hydrogen-bond acceptors (Lipinski definition) is 5. The predicted molar refractivity (Wildman–Crippen MR) is 117 cm³/mol. The van der Waals surface area contributed by atoms with Crippen LogP contribution in [0.1, 0.15) is 33.3 Å². The first-order chi connectivity index (χ1) is 13.6. The fourth-order valence-corrected chi connectivity index (χ4v) is 5.00. The van der Waals surface area contributed by atoms with Gasteiger partial charge < -0.3 is 0 Å². The van der Waals surface area contributed by atoms with Crippen molar-refractivity contribution in [3.63, 3.8) is 0 Å². The number of aryl methyl sites for hydroxylation is 1. The third kappa shape index (κ3) is 4.09. The van der Waals surface area contributed by atoms with Crippen molar-refractivity contribution in [2.45, 2.75) is 25.9 Å². The van der Waals surface area contributed by atoms with Crippen LogP contribution in [0.25, 0.3) is 0 Å². The minimum Gasteiger partial charge on any atom is -0.293 e. The zero-order chi connectivity index (χ0) is 19.5. The van der Waals surface area contributed by atoms with E-state index in [-0.39, 0.29) is 11.9 Å². The Kier molecular flexibility index (Phi) is 5.71. The number of likely N-dealkylation sites (N-methyl/N-ethyl adjacent to an activating group) is 1. The van der Waals surface area contributed by atoms with Gasteiger partial charge in [-0.15, -0.1) is 22.7 Å². The van der Waals surface area contributed by atoms with Crippen LogP contribution in [-0.2, 0) is 11.3 Å². The van der Waals surface area contributed by atoms with Crippen LogP contribution in [0, 0.1) is 6.92 Å². The smallest absolute Gasteiger partial charge is 0.257 e. The van der Waals surface area contributed by atoms with E-state index in [1.54, 1.807) is 27.7 Å². The third-order valence-corrected chi connectivity index (χ3v) is 6.84. The lowest BCUT2D eigenvalue weighted by molar-refractivity contribution is -0.134. The Morgan fingerprint density at radius 1 is 1.14 bits per heavy atom. The van der Waals surface area contributed by atoms with Crippen molar-refractivity contribution in [2.24, 2.45) is 5.10 Å². The van der Waals surface area contributed by atoms with Crippen LogP contribution in [-0.4, -0.2) is 35.1 Å². The molecule has 0 bridgehead atoms. The second-order valence-corrected chi connectivity index (χ2v) is 9.02. The number of hydrazone groups is 1. The number of hydrogen-bond donors (Lipinski definition) is 0. The monoisotopic (exact) mass is 409 g/mol. The van der Waals surface area contributed by atoms with Crippen molar-refractivity contribution in [3.8, 4) is 0 Å². The first kappa shape index (κ1) is 19.1. The molecule has 28 heavy (non-hydrogen) atoms. The first-order valence-electron chi connectivity index (χ1n) is 9.31. The Morgan fingerprint density at radius 3 is 2.64 bits per heavy atom. The summed E-state index contributed by atoms with van der Waals surface area (Å²) >= 11 is 3.36. The number of amides is 1. The van der Waals surface area contributed by atoms with Gasteiger partial charge >= 0.3 is 0 Å². The van der Waals surface area contributed by atoms with Crippen LogP contribution < -0.4 is 0 Å². The van der Waals surface area contributed by atoms with E-state index in [0.717, 1.165) is 23.6 Å². The summed E-state index contributed by atoms with van der Waals surface area (Å²) in [5.74, 6) is 0.0426. The van der Waals surface area contributed by atoms with Crippen LogP contribution in [0.4, 0.5) is 0 Å². The summed E-state index contributed by atoms with van der Waals surface area (Å²) in [5.41, 5.74) is 3.50. The fraction of sp³-hybridized carbons (Fsp3) is 0.273. The predicted octanol–water partition coefficient (Wildman–Crippen LogP) is 4.93. The molecule has 0 fully saturated rings. The van der Waals surface area contributed by atoms with Crippen LogP contribution in [0.3, 0.4) is 0 Å². The first-order valence-corrected chi connectivity index (χ1v) is 11.1. The van der Waals surface area contributed by atoms with Crippen LogP contribution in [0.5, 0.6) is 0 Å². The average molecular weight is 410 g/mol. The molecule has 0 aliphatic carbocycles. The molecule has 1 atom stereocenters. The summed E-state index contributed by atoms with van der Waals surface area (Å²) < 4.78 is 0. The molecule has 2 aromatic heterocycles. The summed E-state index contributed by atoms with van der Waals surface area (Å²) in [4.78, 5) is 17.5. The minimum atomic E-state index is -0.00328. The molecule has 144 valence electrons. The molecule has 0 spiro atoms. The summed E-state index contributed by atoms with van der Waals surface area (Å²) in [7, 11) is 1.99. The molecule has 1 amide bonds. The van der Waals surface area contributed by atoms with E-state index in [2.05, 4.69) is 46.8 Å². The SMILES string of the molecule is Cc1ccccc1CN(C)CC(=O)N1N=C(c2cccs2)CC1c1cccs1. The van der Waals surface area contributed by atoms with E-state index in [1.165, 1.54) is 16.0 Å². The lowest BCUT2D eigenvalue weighted by Gasteiger charge is -2.24. The van der Waals surface area contributed by atoms with Crippen molar-refractivity contribution in [1.29, 1.82) is 0 Å². The van der Waals surface area contributed by atoms with Gasteiger partial charge in [0.25, 0.3) is 5.91 Å². The molecule has 0 N–H and O–H groups in total. The highest BCUT2D eigenvalue weighted by molar-refractivity contribution is 7.12. The van der Waals surface area contributed by atoms with Gasteiger partial charge in [0.05, 0.1) is 23.2 Å². The van der Waals surface area contributed by atoms with Gasteiger partial charge in [-0.05, 0) is 48.0 Å². The fourth-order valence-electron chi connectivity index (χ4n) is 3.47. The Hall–Kier alpha value is -2.28. The Labute approximate surface area is 173 Å². The van der Waals surface area contributed by atoms with Crippen molar-refractivity contribution in [1.82, 2.24) is 9.91 Å². The molecule has 0 radical (unpaired) electrons. The van der Waals surface area contributed by atoms with Crippen LogP contribution in [0.15, 0.2) is 64.4 Å². The van der Waals surface area contributed by atoms with E-state index in [0.29, 0.717) is 6.54 Å². The molecule has 1 aromatic carbocycles. The van der Waals surface area contributed by atoms with E-state index in [4.69, 9.17) is 5.10 Å². The number of rotatable bonds is 6. The number of carbonyl (C=O) groups excluding carboxylic acids is 1. The number of carbonyl (C=O) groups is 1. The van der Waals surface area contributed by atoms with Gasteiger partial charge in [0.15, 0.2) is 0 Å². The van der Waals surface area contributed by atoms with E-state index in [1.807, 2.05) is 31.3 Å². The largest absolute Gasteiger partial charge is 0.293 e. The summed E-state index contributed by atoms with van der Waals surface area (Å²) in [5, 5.41) is 10.6. The maximum Gasteiger partial charge on any atom is 0.257 e. The molecule has 4 nitrogen and oxygen atoms in total. The molecule has 0 saturated heterocycles. The molecule has 6 heteroatoms. The zero-order valence-electron chi connectivity index (χ0n) is 16.0. The minimum absolute atomic E-state index is 0.00328. The maximum absolute atomic E-state index is 13.1. The molecule has 0 saturated carbocycles. The van der Waals surface area contributed by atoms with Crippen molar-refractivity contribution in [2.75, 3.05) is 13.6 Å².